The molecule has 0 N–H and O–H groups in total. The van der Waals surface area contributed by atoms with Gasteiger partial charge in [0.2, 0.25) is 0 Å². The number of nitrogens with zero attached hydrogens (tertiary/aromatic N) is 2. The Bertz CT molecular complexity index is 809. The molecular weight excluding hydrogens is 304 g/mol. The van der Waals surface area contributed by atoms with E-state index in [9.17, 15) is 4.79 Å². The van der Waals surface area contributed by atoms with E-state index in [1.54, 1.807) is 11.9 Å². The van der Waals surface area contributed by atoms with Gasteiger partial charge < -0.3 is 0 Å². The molecule has 0 radical (unpaired) electrons. The van der Waals surface area contributed by atoms with Crippen LogP contribution in [0.1, 0.15) is 16.7 Å². The summed E-state index contributed by atoms with van der Waals surface area (Å²) >= 11 is 1.41. The molecular formula is C19H18N2OS. The first-order valence-electron chi connectivity index (χ1n) is 7.43. The van der Waals surface area contributed by atoms with Crippen molar-refractivity contribution in [1.82, 2.24) is 4.90 Å². The van der Waals surface area contributed by atoms with Crippen LogP contribution in [0.2, 0.25) is 0 Å². The van der Waals surface area contributed by atoms with Crippen LogP contribution in [0.15, 0.2) is 58.4 Å². The third-order valence-electron chi connectivity index (χ3n) is 3.82. The predicted molar refractivity (Wildman–Crippen MR) is 97.8 cm³/mol. The average molecular weight is 322 g/mol. The maximum atomic E-state index is 12.4. The average Bonchev–Trinajstić information content (AvgIpc) is 2.80. The van der Waals surface area contributed by atoms with Gasteiger partial charge in [-0.2, -0.15) is 0 Å². The molecule has 0 unspecified atom stereocenters. The molecule has 3 rings (SSSR count). The van der Waals surface area contributed by atoms with E-state index in [4.69, 9.17) is 0 Å². The Hall–Kier alpha value is -2.33. The van der Waals surface area contributed by atoms with Gasteiger partial charge in [0.15, 0.2) is 5.17 Å². The number of hydrogen-bond donors (Lipinski definition) is 0. The van der Waals surface area contributed by atoms with E-state index >= 15 is 0 Å². The number of rotatable bonds is 2. The number of carbonyl (C=O) groups is 1. The first-order valence-corrected chi connectivity index (χ1v) is 8.25. The van der Waals surface area contributed by atoms with Crippen LogP contribution in [0.3, 0.4) is 0 Å². The lowest BCUT2D eigenvalue weighted by molar-refractivity contribution is -0.121. The molecule has 3 nitrogen and oxygen atoms in total. The summed E-state index contributed by atoms with van der Waals surface area (Å²) in [4.78, 5) is 19.3. The summed E-state index contributed by atoms with van der Waals surface area (Å²) < 4.78 is 0. The molecule has 23 heavy (non-hydrogen) atoms. The largest absolute Gasteiger partial charge is 0.290 e. The number of aryl methyl sites for hydroxylation is 2. The number of thioether (sulfide) groups is 1. The lowest BCUT2D eigenvalue weighted by Crippen LogP contribution is -2.23. The van der Waals surface area contributed by atoms with Gasteiger partial charge >= 0.3 is 0 Å². The smallest absolute Gasteiger partial charge is 0.266 e. The molecule has 0 aliphatic carbocycles. The Morgan fingerprint density at radius 1 is 1.04 bits per heavy atom. The highest BCUT2D eigenvalue weighted by Crippen LogP contribution is 2.33. The standard InChI is InChI=1S/C19H18N2OS/c1-13-9-10-16(11-14(13)2)20-19-21(3)18(22)17(23-19)12-15-7-5-4-6-8-15/h4-12H,1-3H3/b17-12+,20-19?. The van der Waals surface area contributed by atoms with Crippen LogP contribution in [-0.2, 0) is 4.79 Å². The van der Waals surface area contributed by atoms with Crippen molar-refractivity contribution < 1.29 is 4.79 Å². The fraction of sp³-hybridized carbons (Fsp3) is 0.158. The number of amides is 1. The topological polar surface area (TPSA) is 32.7 Å². The quantitative estimate of drug-likeness (QED) is 0.761. The molecule has 1 aliphatic heterocycles. The van der Waals surface area contributed by atoms with Crippen molar-refractivity contribution in [2.24, 2.45) is 4.99 Å². The minimum absolute atomic E-state index is 0.0126. The molecule has 0 saturated carbocycles. The van der Waals surface area contributed by atoms with Crippen molar-refractivity contribution in [3.63, 3.8) is 0 Å². The fourth-order valence-corrected chi connectivity index (χ4v) is 3.24. The van der Waals surface area contributed by atoms with E-state index < -0.39 is 0 Å². The molecule has 1 heterocycles. The maximum absolute atomic E-state index is 12.4. The maximum Gasteiger partial charge on any atom is 0.266 e. The summed E-state index contributed by atoms with van der Waals surface area (Å²) in [6, 6.07) is 15.9. The highest BCUT2D eigenvalue weighted by molar-refractivity contribution is 8.18. The second-order valence-corrected chi connectivity index (χ2v) is 6.56. The Balaban J connectivity index is 1.90. The molecule has 1 aliphatic rings. The third-order valence-corrected chi connectivity index (χ3v) is 4.88. The van der Waals surface area contributed by atoms with E-state index in [2.05, 4.69) is 24.9 Å². The van der Waals surface area contributed by atoms with Crippen LogP contribution in [0.4, 0.5) is 5.69 Å². The van der Waals surface area contributed by atoms with E-state index in [0.717, 1.165) is 11.3 Å². The van der Waals surface area contributed by atoms with E-state index in [-0.39, 0.29) is 5.91 Å². The van der Waals surface area contributed by atoms with Gasteiger partial charge in [-0.1, -0.05) is 36.4 Å². The number of carbonyl (C=O) groups excluding carboxylic acids is 1. The zero-order valence-electron chi connectivity index (χ0n) is 13.4. The zero-order valence-corrected chi connectivity index (χ0v) is 14.2. The molecule has 0 bridgehead atoms. The van der Waals surface area contributed by atoms with E-state index in [0.29, 0.717) is 10.1 Å². The monoisotopic (exact) mass is 322 g/mol. The van der Waals surface area contributed by atoms with Crippen LogP contribution in [-0.4, -0.2) is 23.0 Å². The number of amidine groups is 1. The van der Waals surface area contributed by atoms with Crippen molar-refractivity contribution in [3.05, 3.63) is 70.1 Å². The highest BCUT2D eigenvalue weighted by Gasteiger charge is 2.30. The van der Waals surface area contributed by atoms with Gasteiger partial charge in [0.1, 0.15) is 0 Å². The first-order chi connectivity index (χ1) is 11.0. The molecule has 1 amide bonds. The van der Waals surface area contributed by atoms with Gasteiger partial charge in [-0.25, -0.2) is 4.99 Å². The third kappa shape index (κ3) is 3.37. The minimum Gasteiger partial charge on any atom is -0.290 e. The molecule has 0 aromatic heterocycles. The number of aliphatic imine (C=N–C) groups is 1. The van der Waals surface area contributed by atoms with Crippen molar-refractivity contribution in [2.75, 3.05) is 7.05 Å². The Kier molecular flexibility index (Phi) is 4.35. The summed E-state index contributed by atoms with van der Waals surface area (Å²) in [5, 5.41) is 0.709. The first kappa shape index (κ1) is 15.6. The van der Waals surface area contributed by atoms with Gasteiger partial charge in [-0.3, -0.25) is 9.69 Å². The van der Waals surface area contributed by atoms with Crippen LogP contribution < -0.4 is 0 Å². The van der Waals surface area contributed by atoms with E-state index in [1.165, 1.54) is 22.9 Å². The number of hydrogen-bond acceptors (Lipinski definition) is 3. The Labute approximate surface area is 140 Å². The van der Waals surface area contributed by atoms with Crippen LogP contribution in [0.25, 0.3) is 6.08 Å². The summed E-state index contributed by atoms with van der Waals surface area (Å²) in [6.07, 6.45) is 1.91. The molecule has 0 spiro atoms. The van der Waals surface area contributed by atoms with Gasteiger partial charge in [-0.15, -0.1) is 0 Å². The van der Waals surface area contributed by atoms with E-state index in [1.807, 2.05) is 48.5 Å². The second kappa shape index (κ2) is 6.42. The van der Waals surface area contributed by atoms with Gasteiger partial charge in [0.25, 0.3) is 5.91 Å². The minimum atomic E-state index is -0.0126. The van der Waals surface area contributed by atoms with Crippen molar-refractivity contribution in [1.29, 1.82) is 0 Å². The van der Waals surface area contributed by atoms with Crippen molar-refractivity contribution >= 4 is 34.6 Å². The van der Waals surface area contributed by atoms with Crippen molar-refractivity contribution in [2.45, 2.75) is 13.8 Å². The van der Waals surface area contributed by atoms with Crippen LogP contribution in [0.5, 0.6) is 0 Å². The second-order valence-electron chi connectivity index (χ2n) is 5.55. The zero-order chi connectivity index (χ0) is 16.4. The molecule has 1 fully saturated rings. The fourth-order valence-electron chi connectivity index (χ4n) is 2.26. The summed E-state index contributed by atoms with van der Waals surface area (Å²) in [5.41, 5.74) is 4.33. The molecule has 4 heteroatoms. The molecule has 2 aromatic carbocycles. The summed E-state index contributed by atoms with van der Waals surface area (Å²) in [6.45, 7) is 4.14. The molecule has 116 valence electrons. The normalized spacial score (nSPS) is 18.2. The molecule has 0 atom stereocenters. The number of benzene rings is 2. The summed E-state index contributed by atoms with van der Waals surface area (Å²) in [5.74, 6) is -0.0126. The van der Waals surface area contributed by atoms with Crippen LogP contribution in [0, 0.1) is 13.8 Å². The van der Waals surface area contributed by atoms with Crippen LogP contribution >= 0.6 is 11.8 Å². The number of likely N-dealkylation sites (N-methyl/N-ethyl adjacent to an activating group) is 1. The van der Waals surface area contributed by atoms with Gasteiger partial charge in [-0.05, 0) is 60.5 Å². The highest BCUT2D eigenvalue weighted by atomic mass is 32.2. The molecule has 2 aromatic rings. The summed E-state index contributed by atoms with van der Waals surface area (Å²) in [7, 11) is 1.76. The SMILES string of the molecule is Cc1ccc(N=C2S/C(=C/c3ccccc3)C(=O)N2C)cc1C. The van der Waals surface area contributed by atoms with Gasteiger partial charge in [0, 0.05) is 7.05 Å². The Morgan fingerprint density at radius 3 is 2.48 bits per heavy atom. The van der Waals surface area contributed by atoms with Crippen molar-refractivity contribution in [3.8, 4) is 0 Å². The predicted octanol–water partition coefficient (Wildman–Crippen LogP) is 4.54. The Morgan fingerprint density at radius 2 is 1.78 bits per heavy atom. The molecule has 1 saturated heterocycles. The lowest BCUT2D eigenvalue weighted by Gasteiger charge is -2.08. The van der Waals surface area contributed by atoms with Gasteiger partial charge in [0.05, 0.1) is 10.6 Å². The lowest BCUT2D eigenvalue weighted by atomic mass is 10.1.